The van der Waals surface area contributed by atoms with Gasteiger partial charge in [0.05, 0.1) is 10.6 Å². The van der Waals surface area contributed by atoms with Gasteiger partial charge in [-0.2, -0.15) is 0 Å². The van der Waals surface area contributed by atoms with E-state index in [1.165, 1.54) is 18.9 Å². The molecule has 1 heterocycles. The van der Waals surface area contributed by atoms with Gasteiger partial charge in [0.15, 0.2) is 0 Å². The van der Waals surface area contributed by atoms with Crippen molar-refractivity contribution in [2.75, 3.05) is 13.1 Å². The summed E-state index contributed by atoms with van der Waals surface area (Å²) < 4.78 is 0. The zero-order chi connectivity index (χ0) is 19.6. The van der Waals surface area contributed by atoms with Crippen LogP contribution in [-0.2, 0) is 4.79 Å². The first-order chi connectivity index (χ1) is 12.8. The molecule has 1 aliphatic heterocycles. The molecule has 148 valence electrons. The fourth-order valence-corrected chi connectivity index (χ4v) is 4.09. The van der Waals surface area contributed by atoms with E-state index in [1.807, 2.05) is 13.8 Å². The van der Waals surface area contributed by atoms with E-state index in [-0.39, 0.29) is 28.8 Å². The summed E-state index contributed by atoms with van der Waals surface area (Å²) in [5.74, 6) is -0.207. The Morgan fingerprint density at radius 1 is 1.22 bits per heavy atom. The van der Waals surface area contributed by atoms with Gasteiger partial charge in [-0.05, 0) is 49.8 Å². The van der Waals surface area contributed by atoms with Crippen molar-refractivity contribution in [1.82, 2.24) is 15.5 Å². The molecule has 1 aromatic carbocycles. The van der Waals surface area contributed by atoms with Crippen LogP contribution in [0.15, 0.2) is 18.2 Å². The zero-order valence-electron chi connectivity index (χ0n) is 15.8. The Bertz CT molecular complexity index is 706. The largest absolute Gasteiger partial charge is 0.350 e. The Morgan fingerprint density at radius 3 is 2.59 bits per heavy atom. The van der Waals surface area contributed by atoms with Crippen molar-refractivity contribution in [2.45, 2.75) is 57.7 Å². The van der Waals surface area contributed by atoms with Crippen LogP contribution in [0.1, 0.15) is 49.9 Å². The van der Waals surface area contributed by atoms with Gasteiger partial charge in [0.25, 0.3) is 5.91 Å². The van der Waals surface area contributed by atoms with Crippen LogP contribution in [0.4, 0.5) is 0 Å². The SMILES string of the molecule is CC(C)CC(NC(=O)c1ccc(Cl)cc1Cl)C(=O)NC1CCN(C2CC2)C1. The lowest BCUT2D eigenvalue weighted by atomic mass is 10.0. The van der Waals surface area contributed by atoms with Gasteiger partial charge in [-0.1, -0.05) is 37.0 Å². The van der Waals surface area contributed by atoms with Gasteiger partial charge in [0.1, 0.15) is 6.04 Å². The normalized spacial score (nSPS) is 21.3. The molecule has 2 fully saturated rings. The number of carbonyl (C=O) groups excluding carboxylic acids is 2. The minimum absolute atomic E-state index is 0.121. The molecule has 3 rings (SSSR count). The molecular formula is C20H27Cl2N3O2. The number of carbonyl (C=O) groups is 2. The third-order valence-electron chi connectivity index (χ3n) is 5.13. The summed E-state index contributed by atoms with van der Waals surface area (Å²) in [6, 6.07) is 5.01. The summed E-state index contributed by atoms with van der Waals surface area (Å²) in [7, 11) is 0. The predicted molar refractivity (Wildman–Crippen MR) is 108 cm³/mol. The van der Waals surface area contributed by atoms with Crippen LogP contribution in [0, 0.1) is 5.92 Å². The molecule has 27 heavy (non-hydrogen) atoms. The second-order valence-corrected chi connectivity index (χ2v) is 8.84. The van der Waals surface area contributed by atoms with Crippen LogP contribution < -0.4 is 10.6 Å². The lowest BCUT2D eigenvalue weighted by Crippen LogP contribution is -2.50. The monoisotopic (exact) mass is 411 g/mol. The smallest absolute Gasteiger partial charge is 0.253 e. The molecule has 2 unspecified atom stereocenters. The average molecular weight is 412 g/mol. The number of benzene rings is 1. The average Bonchev–Trinajstić information content (AvgIpc) is 3.33. The van der Waals surface area contributed by atoms with Gasteiger partial charge in [-0.3, -0.25) is 14.5 Å². The summed E-state index contributed by atoms with van der Waals surface area (Å²) in [4.78, 5) is 27.9. The number of halogens is 2. The second-order valence-electron chi connectivity index (χ2n) is 8.00. The van der Waals surface area contributed by atoms with Crippen LogP contribution in [0.3, 0.4) is 0 Å². The van der Waals surface area contributed by atoms with E-state index in [4.69, 9.17) is 23.2 Å². The standard InChI is InChI=1S/C20H27Cl2N3O2/c1-12(2)9-18(24-19(26)16-6-3-13(21)10-17(16)22)20(27)23-14-7-8-25(11-14)15-4-5-15/h3,6,10,12,14-15,18H,4-5,7-9,11H2,1-2H3,(H,23,27)(H,24,26). The van der Waals surface area contributed by atoms with Crippen molar-refractivity contribution in [3.05, 3.63) is 33.8 Å². The van der Waals surface area contributed by atoms with Gasteiger partial charge < -0.3 is 10.6 Å². The molecule has 2 amide bonds. The van der Waals surface area contributed by atoms with Crippen molar-refractivity contribution in [3.63, 3.8) is 0 Å². The molecule has 1 aliphatic carbocycles. The van der Waals surface area contributed by atoms with Crippen molar-refractivity contribution in [1.29, 1.82) is 0 Å². The van der Waals surface area contributed by atoms with Crippen LogP contribution >= 0.6 is 23.2 Å². The van der Waals surface area contributed by atoms with Gasteiger partial charge in [0, 0.05) is 30.2 Å². The van der Waals surface area contributed by atoms with Crippen LogP contribution in [0.2, 0.25) is 10.0 Å². The van der Waals surface area contributed by atoms with E-state index in [2.05, 4.69) is 15.5 Å². The molecule has 0 spiro atoms. The van der Waals surface area contributed by atoms with Crippen molar-refractivity contribution in [3.8, 4) is 0 Å². The molecule has 0 bridgehead atoms. The maximum Gasteiger partial charge on any atom is 0.253 e. The van der Waals surface area contributed by atoms with E-state index in [9.17, 15) is 9.59 Å². The first-order valence-corrected chi connectivity index (χ1v) is 10.4. The fraction of sp³-hybridized carbons (Fsp3) is 0.600. The number of hydrogen-bond acceptors (Lipinski definition) is 3. The van der Waals surface area contributed by atoms with Gasteiger partial charge in [0.2, 0.25) is 5.91 Å². The van der Waals surface area contributed by atoms with Crippen LogP contribution in [-0.4, -0.2) is 47.9 Å². The van der Waals surface area contributed by atoms with Gasteiger partial charge in [-0.15, -0.1) is 0 Å². The number of nitrogens with one attached hydrogen (secondary N) is 2. The Kier molecular flexibility index (Phi) is 6.66. The quantitative estimate of drug-likeness (QED) is 0.721. The van der Waals surface area contributed by atoms with Gasteiger partial charge in [-0.25, -0.2) is 0 Å². The highest BCUT2D eigenvalue weighted by Crippen LogP contribution is 2.29. The maximum absolute atomic E-state index is 12.8. The summed E-state index contributed by atoms with van der Waals surface area (Å²) in [6.07, 6.45) is 4.08. The van der Waals surface area contributed by atoms with E-state index >= 15 is 0 Å². The first kappa shape index (κ1) is 20.4. The number of nitrogens with zero attached hydrogens (tertiary/aromatic N) is 1. The molecule has 1 saturated carbocycles. The van der Waals surface area contributed by atoms with E-state index < -0.39 is 6.04 Å². The third-order valence-corrected chi connectivity index (χ3v) is 5.68. The second kappa shape index (κ2) is 8.80. The highest BCUT2D eigenvalue weighted by atomic mass is 35.5. The first-order valence-electron chi connectivity index (χ1n) is 9.64. The number of likely N-dealkylation sites (tertiary alicyclic amines) is 1. The molecule has 2 atom stereocenters. The zero-order valence-corrected chi connectivity index (χ0v) is 17.3. The molecule has 0 aromatic heterocycles. The highest BCUT2D eigenvalue weighted by Gasteiger charge is 2.35. The van der Waals surface area contributed by atoms with Crippen molar-refractivity contribution >= 4 is 35.0 Å². The Morgan fingerprint density at radius 2 is 1.96 bits per heavy atom. The molecule has 5 nitrogen and oxygen atoms in total. The molecule has 1 saturated heterocycles. The third kappa shape index (κ3) is 5.59. The molecule has 1 aromatic rings. The lowest BCUT2D eigenvalue weighted by molar-refractivity contribution is -0.124. The molecule has 2 aliphatic rings. The lowest BCUT2D eigenvalue weighted by Gasteiger charge is -2.23. The Labute approximate surface area is 170 Å². The summed E-state index contributed by atoms with van der Waals surface area (Å²) in [6.45, 7) is 6.01. The van der Waals surface area contributed by atoms with Crippen molar-refractivity contribution < 1.29 is 9.59 Å². The van der Waals surface area contributed by atoms with Crippen LogP contribution in [0.5, 0.6) is 0 Å². The number of amides is 2. The number of rotatable bonds is 7. The minimum Gasteiger partial charge on any atom is -0.350 e. The van der Waals surface area contributed by atoms with E-state index in [1.54, 1.807) is 12.1 Å². The summed E-state index contributed by atoms with van der Waals surface area (Å²) >= 11 is 12.0. The van der Waals surface area contributed by atoms with Crippen LogP contribution in [0.25, 0.3) is 0 Å². The van der Waals surface area contributed by atoms with E-state index in [0.29, 0.717) is 23.0 Å². The van der Waals surface area contributed by atoms with Crippen molar-refractivity contribution in [2.24, 2.45) is 5.92 Å². The fourth-order valence-electron chi connectivity index (χ4n) is 3.59. The molecule has 2 N–H and O–H groups in total. The highest BCUT2D eigenvalue weighted by molar-refractivity contribution is 6.36. The summed E-state index contributed by atoms with van der Waals surface area (Å²) in [5, 5.41) is 6.73. The maximum atomic E-state index is 12.8. The molecule has 7 heteroatoms. The van der Waals surface area contributed by atoms with E-state index in [0.717, 1.165) is 19.5 Å². The Balaban J connectivity index is 1.62. The summed E-state index contributed by atoms with van der Waals surface area (Å²) in [5.41, 5.74) is 0.323. The Hall–Kier alpha value is -1.30. The number of hydrogen-bond donors (Lipinski definition) is 2. The minimum atomic E-state index is -0.584. The van der Waals surface area contributed by atoms with Gasteiger partial charge >= 0.3 is 0 Å². The predicted octanol–water partition coefficient (Wildman–Crippen LogP) is 3.49. The molecule has 0 radical (unpaired) electrons. The molecular weight excluding hydrogens is 385 g/mol. The topological polar surface area (TPSA) is 61.4 Å².